The van der Waals surface area contributed by atoms with Gasteiger partial charge in [-0.3, -0.25) is 19.4 Å². The Kier molecular flexibility index (Phi) is 4.18. The molecule has 9 nitrogen and oxygen atoms in total. The Hall–Kier alpha value is -2.58. The minimum Gasteiger partial charge on any atom is -0.383 e. The Balaban J connectivity index is 2.16. The molecule has 0 spiro atoms. The number of anilines is 2. The monoisotopic (exact) mass is 279 g/mol. The predicted molar refractivity (Wildman–Crippen MR) is 74.6 cm³/mol. The van der Waals surface area contributed by atoms with Crippen LogP contribution in [0.2, 0.25) is 0 Å². The molecule has 0 saturated carbocycles. The molecule has 0 fully saturated rings. The van der Waals surface area contributed by atoms with E-state index in [9.17, 15) is 9.59 Å². The Morgan fingerprint density at radius 2 is 2.25 bits per heavy atom. The van der Waals surface area contributed by atoms with Crippen molar-refractivity contribution in [2.24, 2.45) is 0 Å². The van der Waals surface area contributed by atoms with Gasteiger partial charge in [-0.05, 0) is 6.42 Å². The maximum Gasteiger partial charge on any atom is 0.330 e. The van der Waals surface area contributed by atoms with Gasteiger partial charge < -0.3 is 11.1 Å². The third-order valence-corrected chi connectivity index (χ3v) is 2.82. The summed E-state index contributed by atoms with van der Waals surface area (Å²) in [7, 11) is 0. The fourth-order valence-electron chi connectivity index (χ4n) is 1.86. The second kappa shape index (κ2) is 6.04. The summed E-state index contributed by atoms with van der Waals surface area (Å²) in [6, 6.07) is 0. The number of aromatic amines is 2. The van der Waals surface area contributed by atoms with Gasteiger partial charge in [0.15, 0.2) is 0 Å². The fraction of sp³-hybridized carbons (Fsp3) is 0.455. The molecule has 0 aromatic carbocycles. The highest BCUT2D eigenvalue weighted by atomic mass is 16.2. The predicted octanol–water partition coefficient (Wildman–Crippen LogP) is -0.698. The Morgan fingerprint density at radius 3 is 2.90 bits per heavy atom. The molecule has 0 radical (unpaired) electrons. The van der Waals surface area contributed by atoms with Gasteiger partial charge in [0.2, 0.25) is 0 Å². The highest BCUT2D eigenvalue weighted by Crippen LogP contribution is 2.10. The van der Waals surface area contributed by atoms with Crippen molar-refractivity contribution in [2.75, 3.05) is 17.6 Å². The van der Waals surface area contributed by atoms with Crippen LogP contribution in [0, 0.1) is 0 Å². The van der Waals surface area contributed by atoms with Crippen molar-refractivity contribution >= 4 is 11.5 Å². The van der Waals surface area contributed by atoms with Crippen LogP contribution in [-0.2, 0) is 13.0 Å². The van der Waals surface area contributed by atoms with Gasteiger partial charge in [0.1, 0.15) is 23.7 Å². The molecule has 9 heteroatoms. The molecular formula is C11H17N7O2. The number of nitrogens with one attached hydrogen (secondary N) is 3. The zero-order valence-corrected chi connectivity index (χ0v) is 11.1. The average molecular weight is 279 g/mol. The van der Waals surface area contributed by atoms with E-state index < -0.39 is 11.2 Å². The smallest absolute Gasteiger partial charge is 0.330 e. The van der Waals surface area contributed by atoms with Crippen LogP contribution in [0.3, 0.4) is 0 Å². The van der Waals surface area contributed by atoms with Crippen LogP contribution in [-0.4, -0.2) is 31.3 Å². The molecule has 0 aliphatic carbocycles. The number of hydrogen-bond acceptors (Lipinski definition) is 6. The Morgan fingerprint density at radius 1 is 1.45 bits per heavy atom. The van der Waals surface area contributed by atoms with Crippen molar-refractivity contribution in [3.8, 4) is 0 Å². The summed E-state index contributed by atoms with van der Waals surface area (Å²) >= 11 is 0. The molecule has 2 rings (SSSR count). The van der Waals surface area contributed by atoms with E-state index in [4.69, 9.17) is 5.73 Å². The van der Waals surface area contributed by atoms with Crippen molar-refractivity contribution in [3.63, 3.8) is 0 Å². The summed E-state index contributed by atoms with van der Waals surface area (Å²) < 4.78 is 1.35. The first-order valence-electron chi connectivity index (χ1n) is 6.34. The van der Waals surface area contributed by atoms with Gasteiger partial charge in [0.05, 0.1) is 0 Å². The first-order valence-corrected chi connectivity index (χ1v) is 6.34. The topological polar surface area (TPSA) is 134 Å². The molecule has 0 saturated heterocycles. The average Bonchev–Trinajstić information content (AvgIpc) is 2.91. The lowest BCUT2D eigenvalue weighted by atomic mass is 10.3. The van der Waals surface area contributed by atoms with Crippen LogP contribution in [0.5, 0.6) is 0 Å². The van der Waals surface area contributed by atoms with E-state index in [2.05, 4.69) is 25.5 Å². The number of nitrogens with zero attached hydrogens (tertiary/aromatic N) is 3. The van der Waals surface area contributed by atoms with Crippen LogP contribution in [0.25, 0.3) is 0 Å². The summed E-state index contributed by atoms with van der Waals surface area (Å²) in [6.45, 7) is 2.83. The number of hydrogen-bond donors (Lipinski definition) is 4. The van der Waals surface area contributed by atoms with Gasteiger partial charge in [0, 0.05) is 19.5 Å². The van der Waals surface area contributed by atoms with Crippen molar-refractivity contribution < 1.29 is 0 Å². The Bertz CT molecular complexity index is 671. The van der Waals surface area contributed by atoms with Crippen LogP contribution in [0.15, 0.2) is 15.9 Å². The van der Waals surface area contributed by atoms with Gasteiger partial charge in [-0.1, -0.05) is 6.92 Å². The third kappa shape index (κ3) is 2.87. The largest absolute Gasteiger partial charge is 0.383 e. The maximum atomic E-state index is 11.8. The molecule has 0 aliphatic heterocycles. The van der Waals surface area contributed by atoms with Crippen molar-refractivity contribution in [1.29, 1.82) is 0 Å². The Labute approximate surface area is 114 Å². The minimum atomic E-state index is -0.516. The summed E-state index contributed by atoms with van der Waals surface area (Å²) in [5, 5.41) is 9.38. The van der Waals surface area contributed by atoms with Crippen molar-refractivity contribution in [3.05, 3.63) is 33.0 Å². The second-order valence-electron chi connectivity index (χ2n) is 4.28. The normalized spacial score (nSPS) is 10.7. The van der Waals surface area contributed by atoms with Crippen molar-refractivity contribution in [2.45, 2.75) is 26.3 Å². The zero-order valence-electron chi connectivity index (χ0n) is 11.1. The van der Waals surface area contributed by atoms with Crippen LogP contribution >= 0.6 is 0 Å². The molecule has 2 heterocycles. The molecule has 0 aliphatic rings. The number of H-pyrrole nitrogens is 2. The molecule has 0 bridgehead atoms. The van der Waals surface area contributed by atoms with Crippen LogP contribution in [0.4, 0.5) is 11.5 Å². The lowest BCUT2D eigenvalue weighted by Crippen LogP contribution is -2.34. The quantitative estimate of drug-likeness (QED) is 0.552. The molecule has 2 aromatic rings. The summed E-state index contributed by atoms with van der Waals surface area (Å²) in [5.74, 6) is 0.854. The maximum absolute atomic E-state index is 11.8. The molecule has 5 N–H and O–H groups in total. The number of nitrogens with two attached hydrogens (primary N) is 1. The molecule has 108 valence electrons. The fourth-order valence-corrected chi connectivity index (χ4v) is 1.86. The highest BCUT2D eigenvalue weighted by molar-refractivity contribution is 5.60. The minimum absolute atomic E-state index is 0.151. The molecule has 0 atom stereocenters. The second-order valence-corrected chi connectivity index (χ2v) is 4.28. The summed E-state index contributed by atoms with van der Waals surface area (Å²) in [6.07, 6.45) is 2.72. The van der Waals surface area contributed by atoms with Crippen molar-refractivity contribution in [1.82, 2.24) is 24.7 Å². The molecule has 20 heavy (non-hydrogen) atoms. The standard InChI is InChI=1S/C11H17N7O2/c1-2-5-18-9(12)8(10(19)16-11(18)20)13-4-3-7-14-6-15-17-7/h6,13H,2-5,12H2,1H3,(H,14,15,17)(H,16,19,20). The van der Waals surface area contributed by atoms with Gasteiger partial charge >= 0.3 is 5.69 Å². The summed E-state index contributed by atoms with van der Waals surface area (Å²) in [4.78, 5) is 29.6. The van der Waals surface area contributed by atoms with E-state index in [1.54, 1.807) is 0 Å². The number of aromatic nitrogens is 5. The van der Waals surface area contributed by atoms with Gasteiger partial charge in [-0.15, -0.1) is 0 Å². The number of rotatable bonds is 6. The van der Waals surface area contributed by atoms with E-state index in [1.165, 1.54) is 10.9 Å². The molecule has 2 aromatic heterocycles. The molecule has 0 amide bonds. The zero-order chi connectivity index (χ0) is 14.5. The van der Waals surface area contributed by atoms with E-state index in [-0.39, 0.29) is 11.5 Å². The number of nitrogen functional groups attached to an aromatic ring is 1. The summed E-state index contributed by atoms with van der Waals surface area (Å²) in [5.41, 5.74) is 5.07. The van der Waals surface area contributed by atoms with Gasteiger partial charge in [-0.2, -0.15) is 5.10 Å². The van der Waals surface area contributed by atoms with E-state index in [1.807, 2.05) is 6.92 Å². The van der Waals surface area contributed by atoms with E-state index in [0.717, 1.165) is 6.42 Å². The van der Waals surface area contributed by atoms with Gasteiger partial charge in [-0.25, -0.2) is 9.78 Å². The first-order chi connectivity index (χ1) is 9.63. The SMILES string of the molecule is CCCn1c(N)c(NCCc2ncn[nH]2)c(=O)[nH]c1=O. The highest BCUT2D eigenvalue weighted by Gasteiger charge is 2.11. The lowest BCUT2D eigenvalue weighted by molar-refractivity contribution is 0.642. The molecule has 0 unspecified atom stereocenters. The van der Waals surface area contributed by atoms with E-state index in [0.29, 0.717) is 25.3 Å². The van der Waals surface area contributed by atoms with E-state index >= 15 is 0 Å². The lowest BCUT2D eigenvalue weighted by Gasteiger charge is -2.12. The first kappa shape index (κ1) is 13.8. The molecular weight excluding hydrogens is 262 g/mol. The van der Waals surface area contributed by atoms with Crippen LogP contribution < -0.4 is 22.3 Å². The van der Waals surface area contributed by atoms with Gasteiger partial charge in [0.25, 0.3) is 5.56 Å². The third-order valence-electron chi connectivity index (χ3n) is 2.82. The van der Waals surface area contributed by atoms with Crippen LogP contribution in [0.1, 0.15) is 19.2 Å².